The van der Waals surface area contributed by atoms with Crippen LogP contribution in [0, 0.1) is 13.8 Å². The van der Waals surface area contributed by atoms with Crippen molar-refractivity contribution in [2.45, 2.75) is 32.1 Å². The number of aryl methyl sites for hydroxylation is 2. The van der Waals surface area contributed by atoms with Crippen LogP contribution < -0.4 is 0 Å². The number of benzene rings is 1. The molecule has 1 unspecified atom stereocenters. The fraction of sp³-hybridized carbons (Fsp3) is 0.500. The van der Waals surface area contributed by atoms with Gasteiger partial charge in [0.25, 0.3) is 0 Å². The summed E-state index contributed by atoms with van der Waals surface area (Å²) in [6.45, 7) is 4.36. The van der Waals surface area contributed by atoms with E-state index in [0.29, 0.717) is 0 Å². The summed E-state index contributed by atoms with van der Waals surface area (Å²) in [4.78, 5) is 0. The van der Waals surface area contributed by atoms with Crippen LogP contribution in [0.2, 0.25) is 0 Å². The third-order valence-electron chi connectivity index (χ3n) is 2.39. The molecule has 1 rings (SSSR count). The van der Waals surface area contributed by atoms with E-state index < -0.39 is 0 Å². The molecule has 0 radical (unpaired) electrons. The van der Waals surface area contributed by atoms with Crippen LogP contribution in [0.15, 0.2) is 18.2 Å². The van der Waals surface area contributed by atoms with Crippen LogP contribution in [-0.4, -0.2) is 11.7 Å². The highest BCUT2D eigenvalue weighted by molar-refractivity contribution is 6.20. The zero-order valence-electron chi connectivity index (χ0n) is 8.76. The van der Waals surface area contributed by atoms with E-state index in [0.717, 1.165) is 12.8 Å². The molecule has 14 heavy (non-hydrogen) atoms. The van der Waals surface area contributed by atoms with Crippen LogP contribution >= 0.6 is 11.6 Å². The number of hydrogen-bond acceptors (Lipinski definition) is 1. The van der Waals surface area contributed by atoms with Crippen molar-refractivity contribution in [2.75, 3.05) is 6.61 Å². The van der Waals surface area contributed by atoms with Crippen LogP contribution in [0.4, 0.5) is 0 Å². The van der Waals surface area contributed by atoms with E-state index in [9.17, 15) is 0 Å². The molecular formula is C12H17ClO. The average molecular weight is 213 g/mol. The maximum Gasteiger partial charge on any atom is 0.0588 e. The molecule has 0 aliphatic heterocycles. The summed E-state index contributed by atoms with van der Waals surface area (Å²) in [5.74, 6) is 0. The Labute approximate surface area is 90.7 Å². The maximum absolute atomic E-state index is 8.73. The number of aliphatic hydroxyl groups is 1. The molecule has 0 bridgehead atoms. The summed E-state index contributed by atoms with van der Waals surface area (Å²) in [5, 5.41) is 8.76. The normalized spacial score (nSPS) is 12.9. The molecule has 1 aromatic rings. The molecule has 0 spiro atoms. The summed E-state index contributed by atoms with van der Waals surface area (Å²) < 4.78 is 0. The molecule has 0 aliphatic carbocycles. The van der Waals surface area contributed by atoms with E-state index in [-0.39, 0.29) is 12.0 Å². The molecule has 78 valence electrons. The molecule has 1 aromatic carbocycles. The molecule has 0 aliphatic rings. The molecule has 1 N–H and O–H groups in total. The number of halogens is 1. The van der Waals surface area contributed by atoms with Gasteiger partial charge in [-0.3, -0.25) is 0 Å². The summed E-state index contributed by atoms with van der Waals surface area (Å²) in [6.07, 6.45) is 1.60. The van der Waals surface area contributed by atoms with Crippen molar-refractivity contribution < 1.29 is 5.11 Å². The van der Waals surface area contributed by atoms with E-state index in [2.05, 4.69) is 32.0 Å². The van der Waals surface area contributed by atoms with Gasteiger partial charge in [0, 0.05) is 6.61 Å². The van der Waals surface area contributed by atoms with Gasteiger partial charge in [0.2, 0.25) is 0 Å². The van der Waals surface area contributed by atoms with Crippen LogP contribution in [0.5, 0.6) is 0 Å². The van der Waals surface area contributed by atoms with Crippen molar-refractivity contribution in [2.24, 2.45) is 0 Å². The summed E-state index contributed by atoms with van der Waals surface area (Å²) in [6, 6.07) is 6.32. The van der Waals surface area contributed by atoms with Gasteiger partial charge in [-0.05, 0) is 37.8 Å². The van der Waals surface area contributed by atoms with E-state index in [4.69, 9.17) is 16.7 Å². The third-order valence-corrected chi connectivity index (χ3v) is 2.84. The van der Waals surface area contributed by atoms with Gasteiger partial charge in [-0.15, -0.1) is 11.6 Å². The molecule has 0 saturated heterocycles. The van der Waals surface area contributed by atoms with Crippen molar-refractivity contribution >= 4 is 11.6 Å². The fourth-order valence-electron chi connectivity index (χ4n) is 1.52. The van der Waals surface area contributed by atoms with Crippen molar-refractivity contribution in [3.8, 4) is 0 Å². The highest BCUT2D eigenvalue weighted by Crippen LogP contribution is 2.28. The first kappa shape index (κ1) is 11.5. The summed E-state index contributed by atoms with van der Waals surface area (Å²) in [7, 11) is 0. The Balaban J connectivity index is 2.77. The minimum Gasteiger partial charge on any atom is -0.396 e. The zero-order chi connectivity index (χ0) is 10.6. The first-order valence-corrected chi connectivity index (χ1v) is 5.41. The molecule has 2 heteroatoms. The minimum atomic E-state index is 0.0297. The number of rotatable bonds is 4. The second kappa shape index (κ2) is 5.38. The highest BCUT2D eigenvalue weighted by Gasteiger charge is 2.09. The fourth-order valence-corrected chi connectivity index (χ4v) is 1.91. The molecule has 1 atom stereocenters. The van der Waals surface area contributed by atoms with Gasteiger partial charge in [-0.25, -0.2) is 0 Å². The Hall–Kier alpha value is -0.530. The smallest absolute Gasteiger partial charge is 0.0588 e. The topological polar surface area (TPSA) is 20.2 Å². The van der Waals surface area contributed by atoms with E-state index in [1.807, 2.05) is 0 Å². The quantitative estimate of drug-likeness (QED) is 0.759. The predicted molar refractivity (Wildman–Crippen MR) is 60.8 cm³/mol. The third kappa shape index (κ3) is 3.00. The summed E-state index contributed by atoms with van der Waals surface area (Å²) in [5.41, 5.74) is 3.66. The Morgan fingerprint density at radius 1 is 1.36 bits per heavy atom. The number of hydrogen-bond donors (Lipinski definition) is 1. The van der Waals surface area contributed by atoms with Crippen molar-refractivity contribution in [3.05, 3.63) is 34.9 Å². The molecule has 0 fully saturated rings. The van der Waals surface area contributed by atoms with Crippen LogP contribution in [0.3, 0.4) is 0 Å². The SMILES string of the molecule is Cc1ccc(C)c(C(Cl)CCCO)c1. The number of aliphatic hydroxyl groups excluding tert-OH is 1. The number of alkyl halides is 1. The molecule has 0 aromatic heterocycles. The Morgan fingerprint density at radius 2 is 2.07 bits per heavy atom. The Morgan fingerprint density at radius 3 is 2.71 bits per heavy atom. The van der Waals surface area contributed by atoms with Crippen molar-refractivity contribution in [1.29, 1.82) is 0 Å². The largest absolute Gasteiger partial charge is 0.396 e. The lowest BCUT2D eigenvalue weighted by Gasteiger charge is -2.12. The maximum atomic E-state index is 8.73. The van der Waals surface area contributed by atoms with Crippen LogP contribution in [-0.2, 0) is 0 Å². The second-order valence-corrected chi connectivity index (χ2v) is 4.22. The van der Waals surface area contributed by atoms with Gasteiger partial charge >= 0.3 is 0 Å². The van der Waals surface area contributed by atoms with Crippen molar-refractivity contribution in [1.82, 2.24) is 0 Å². The lowest BCUT2D eigenvalue weighted by Crippen LogP contribution is -1.96. The monoisotopic (exact) mass is 212 g/mol. The van der Waals surface area contributed by atoms with Crippen molar-refractivity contribution in [3.63, 3.8) is 0 Å². The van der Waals surface area contributed by atoms with Crippen LogP contribution in [0.25, 0.3) is 0 Å². The van der Waals surface area contributed by atoms with Gasteiger partial charge in [0.1, 0.15) is 0 Å². The van der Waals surface area contributed by atoms with Gasteiger partial charge < -0.3 is 5.11 Å². The molecule has 1 nitrogen and oxygen atoms in total. The van der Waals surface area contributed by atoms with E-state index in [1.165, 1.54) is 16.7 Å². The van der Waals surface area contributed by atoms with Gasteiger partial charge in [0.05, 0.1) is 5.38 Å². The first-order chi connectivity index (χ1) is 6.65. The van der Waals surface area contributed by atoms with Gasteiger partial charge in [-0.2, -0.15) is 0 Å². The second-order valence-electron chi connectivity index (χ2n) is 3.69. The molecular weight excluding hydrogens is 196 g/mol. The average Bonchev–Trinajstić information content (AvgIpc) is 2.18. The van der Waals surface area contributed by atoms with E-state index in [1.54, 1.807) is 0 Å². The predicted octanol–water partition coefficient (Wildman–Crippen LogP) is 3.36. The highest BCUT2D eigenvalue weighted by atomic mass is 35.5. The Bertz CT molecular complexity index is 296. The van der Waals surface area contributed by atoms with Gasteiger partial charge in [0.15, 0.2) is 0 Å². The summed E-state index contributed by atoms with van der Waals surface area (Å²) >= 11 is 6.25. The Kier molecular flexibility index (Phi) is 4.43. The van der Waals surface area contributed by atoms with Crippen LogP contribution in [0.1, 0.15) is 34.9 Å². The standard InChI is InChI=1S/C12H17ClO/c1-9-5-6-10(2)11(8-9)12(13)4-3-7-14/h5-6,8,12,14H,3-4,7H2,1-2H3. The zero-order valence-corrected chi connectivity index (χ0v) is 9.51. The lowest BCUT2D eigenvalue weighted by atomic mass is 10.0. The molecule has 0 heterocycles. The first-order valence-electron chi connectivity index (χ1n) is 4.97. The molecule has 0 amide bonds. The van der Waals surface area contributed by atoms with E-state index >= 15 is 0 Å². The lowest BCUT2D eigenvalue weighted by molar-refractivity contribution is 0.284. The van der Waals surface area contributed by atoms with Gasteiger partial charge in [-0.1, -0.05) is 23.8 Å². The minimum absolute atomic E-state index is 0.0297. The molecule has 0 saturated carbocycles.